The topological polar surface area (TPSA) is 214 Å². The lowest BCUT2D eigenvalue weighted by Gasteiger charge is -2.27. The number of hydrogen-bond donors (Lipinski definition) is 2. The molecule has 0 heterocycles. The summed E-state index contributed by atoms with van der Waals surface area (Å²) in [6.45, 7) is 10.1. The molecule has 0 aliphatic heterocycles. The number of nitrogens with zero attached hydrogens (tertiary/aromatic N) is 1. The van der Waals surface area contributed by atoms with Crippen LogP contribution >= 0.6 is 0 Å². The van der Waals surface area contributed by atoms with Crippen LogP contribution in [0, 0.1) is 0 Å². The standard InChI is InChI=1S/C33H61N3O16/c1-33(2,3)52-32(41)35-11-12-45-13-14-46-15-16-47-17-18-48-19-20-49-21-22-50-23-24-51-31(40)34-10-8-7-9-27(30(39)44-6)36(25-28(37)42-4)26-29(38)43-5/h27H,7-26H2,1-6H3,(H,34,40)(H,35,41)/t27-/m0/s1. The summed E-state index contributed by atoms with van der Waals surface area (Å²) < 4.78 is 56.8. The SMILES string of the molecule is COC(=O)CN(CC(=O)OC)[C@@H](CCCCNC(=O)OCCOCCOCCOCCOCCOCCOCCNC(=O)OC(C)(C)C)C(=O)OC. The Balaban J connectivity index is 3.65. The van der Waals surface area contributed by atoms with E-state index in [2.05, 4.69) is 20.1 Å². The molecular formula is C33H61N3O16. The van der Waals surface area contributed by atoms with Crippen molar-refractivity contribution in [1.82, 2.24) is 15.5 Å². The average Bonchev–Trinajstić information content (AvgIpc) is 3.10. The van der Waals surface area contributed by atoms with Gasteiger partial charge in [-0.15, -0.1) is 0 Å². The van der Waals surface area contributed by atoms with Crippen LogP contribution in [-0.2, 0) is 66.5 Å². The molecule has 0 spiro atoms. The Morgan fingerprint density at radius 1 is 0.538 bits per heavy atom. The van der Waals surface area contributed by atoms with Gasteiger partial charge in [0.05, 0.1) is 114 Å². The van der Waals surface area contributed by atoms with Crippen molar-refractivity contribution in [2.75, 3.05) is 133 Å². The van der Waals surface area contributed by atoms with E-state index in [9.17, 15) is 24.0 Å². The molecule has 52 heavy (non-hydrogen) atoms. The first kappa shape index (κ1) is 48.7. The molecule has 0 saturated carbocycles. The number of carbonyl (C=O) groups is 5. The second-order valence-corrected chi connectivity index (χ2v) is 11.8. The fourth-order valence-electron chi connectivity index (χ4n) is 3.96. The first-order valence-corrected chi connectivity index (χ1v) is 17.2. The lowest BCUT2D eigenvalue weighted by Crippen LogP contribution is -2.47. The summed E-state index contributed by atoms with van der Waals surface area (Å²) in [7, 11) is 3.63. The van der Waals surface area contributed by atoms with Crippen molar-refractivity contribution in [2.45, 2.75) is 51.7 Å². The number of methoxy groups -OCH3 is 3. The zero-order valence-corrected chi connectivity index (χ0v) is 31.7. The van der Waals surface area contributed by atoms with Gasteiger partial charge in [-0.2, -0.15) is 0 Å². The van der Waals surface area contributed by atoms with E-state index < -0.39 is 41.7 Å². The molecule has 19 heteroatoms. The molecule has 0 unspecified atom stereocenters. The molecule has 0 aromatic carbocycles. The largest absolute Gasteiger partial charge is 0.468 e. The van der Waals surface area contributed by atoms with Gasteiger partial charge in [0.25, 0.3) is 0 Å². The maximum Gasteiger partial charge on any atom is 0.407 e. The quantitative estimate of drug-likeness (QED) is 0.0549. The minimum atomic E-state index is -0.881. The molecule has 304 valence electrons. The van der Waals surface area contributed by atoms with Crippen LogP contribution in [-0.4, -0.2) is 180 Å². The molecule has 2 N–H and O–H groups in total. The van der Waals surface area contributed by atoms with E-state index in [1.165, 1.54) is 26.2 Å². The number of ether oxygens (including phenoxy) is 11. The first-order chi connectivity index (χ1) is 24.9. The first-order valence-electron chi connectivity index (χ1n) is 17.2. The smallest absolute Gasteiger partial charge is 0.407 e. The number of amides is 2. The molecule has 0 aliphatic rings. The van der Waals surface area contributed by atoms with Gasteiger partial charge in [0, 0.05) is 13.1 Å². The Morgan fingerprint density at radius 3 is 1.38 bits per heavy atom. The Hall–Kier alpha value is -3.33. The highest BCUT2D eigenvalue weighted by Crippen LogP contribution is 2.12. The number of unbranched alkanes of at least 4 members (excludes halogenated alkanes) is 1. The van der Waals surface area contributed by atoms with Gasteiger partial charge in [-0.05, 0) is 40.0 Å². The van der Waals surface area contributed by atoms with Gasteiger partial charge in [0.1, 0.15) is 18.2 Å². The van der Waals surface area contributed by atoms with Crippen LogP contribution in [0.1, 0.15) is 40.0 Å². The molecule has 19 nitrogen and oxygen atoms in total. The predicted molar refractivity (Wildman–Crippen MR) is 184 cm³/mol. The summed E-state index contributed by atoms with van der Waals surface area (Å²) in [5, 5.41) is 5.23. The number of rotatable bonds is 32. The summed E-state index contributed by atoms with van der Waals surface area (Å²) in [6.07, 6.45) is 0.171. The van der Waals surface area contributed by atoms with Crippen molar-refractivity contribution in [3.63, 3.8) is 0 Å². The van der Waals surface area contributed by atoms with E-state index in [1.807, 2.05) is 0 Å². The second-order valence-electron chi connectivity index (χ2n) is 11.8. The highest BCUT2D eigenvalue weighted by atomic mass is 16.6. The van der Waals surface area contributed by atoms with Crippen molar-refractivity contribution >= 4 is 30.1 Å². The highest BCUT2D eigenvalue weighted by molar-refractivity contribution is 5.80. The molecule has 1 atom stereocenters. The maximum absolute atomic E-state index is 12.4. The molecular weight excluding hydrogens is 694 g/mol. The van der Waals surface area contributed by atoms with Crippen molar-refractivity contribution < 1.29 is 76.1 Å². The Labute approximate surface area is 306 Å². The van der Waals surface area contributed by atoms with Crippen LogP contribution in [0.5, 0.6) is 0 Å². The van der Waals surface area contributed by atoms with E-state index in [4.69, 9.17) is 42.6 Å². The fraction of sp³-hybridized carbons (Fsp3) is 0.848. The van der Waals surface area contributed by atoms with Crippen molar-refractivity contribution in [3.05, 3.63) is 0 Å². The molecule has 0 bridgehead atoms. The van der Waals surface area contributed by atoms with Crippen LogP contribution in [0.2, 0.25) is 0 Å². The molecule has 2 amide bonds. The highest BCUT2D eigenvalue weighted by Gasteiger charge is 2.30. The molecule has 0 aliphatic carbocycles. The van der Waals surface area contributed by atoms with Gasteiger partial charge in [-0.1, -0.05) is 0 Å². The lowest BCUT2D eigenvalue weighted by molar-refractivity contribution is -0.153. The number of esters is 3. The monoisotopic (exact) mass is 755 g/mol. The van der Waals surface area contributed by atoms with Crippen LogP contribution in [0.4, 0.5) is 9.59 Å². The summed E-state index contributed by atoms with van der Waals surface area (Å²) in [6, 6.07) is -0.881. The third kappa shape index (κ3) is 30.3. The molecule has 0 saturated heterocycles. The Kier molecular flexibility index (Phi) is 30.3. The third-order valence-electron chi connectivity index (χ3n) is 6.44. The van der Waals surface area contributed by atoms with Crippen LogP contribution in [0.25, 0.3) is 0 Å². The van der Waals surface area contributed by atoms with Gasteiger partial charge < -0.3 is 62.7 Å². The van der Waals surface area contributed by atoms with Crippen molar-refractivity contribution in [3.8, 4) is 0 Å². The van der Waals surface area contributed by atoms with E-state index in [1.54, 1.807) is 20.8 Å². The summed E-state index contributed by atoms with van der Waals surface area (Å²) in [5.74, 6) is -1.85. The fourth-order valence-corrected chi connectivity index (χ4v) is 3.96. The minimum absolute atomic E-state index is 0.0588. The van der Waals surface area contributed by atoms with Crippen molar-refractivity contribution in [1.29, 1.82) is 0 Å². The normalized spacial score (nSPS) is 11.8. The van der Waals surface area contributed by atoms with E-state index in [-0.39, 0.29) is 39.3 Å². The zero-order valence-electron chi connectivity index (χ0n) is 31.7. The van der Waals surface area contributed by atoms with Crippen LogP contribution < -0.4 is 10.6 Å². The average molecular weight is 756 g/mol. The van der Waals surface area contributed by atoms with Crippen LogP contribution in [0.15, 0.2) is 0 Å². The number of carbonyl (C=O) groups excluding carboxylic acids is 5. The van der Waals surface area contributed by atoms with E-state index in [0.29, 0.717) is 92.1 Å². The lowest BCUT2D eigenvalue weighted by atomic mass is 10.1. The molecule has 0 aromatic rings. The number of alkyl carbamates (subject to hydrolysis) is 2. The zero-order chi connectivity index (χ0) is 38.9. The van der Waals surface area contributed by atoms with Crippen molar-refractivity contribution in [2.24, 2.45) is 0 Å². The minimum Gasteiger partial charge on any atom is -0.468 e. The Bertz CT molecular complexity index is 948. The summed E-state index contributed by atoms with van der Waals surface area (Å²) in [4.78, 5) is 60.7. The van der Waals surface area contributed by atoms with Gasteiger partial charge in [-0.3, -0.25) is 19.3 Å². The number of nitrogens with one attached hydrogen (secondary N) is 2. The maximum atomic E-state index is 12.4. The molecule has 0 fully saturated rings. The van der Waals surface area contributed by atoms with Crippen LogP contribution in [0.3, 0.4) is 0 Å². The molecule has 0 rings (SSSR count). The van der Waals surface area contributed by atoms with Gasteiger partial charge in [-0.25, -0.2) is 9.59 Å². The van der Waals surface area contributed by atoms with Gasteiger partial charge in [0.15, 0.2) is 0 Å². The van der Waals surface area contributed by atoms with Gasteiger partial charge >= 0.3 is 30.1 Å². The number of hydrogen-bond acceptors (Lipinski definition) is 17. The van der Waals surface area contributed by atoms with Gasteiger partial charge in [0.2, 0.25) is 0 Å². The Morgan fingerprint density at radius 2 is 0.962 bits per heavy atom. The predicted octanol–water partition coefficient (Wildman–Crippen LogP) is 0.697. The molecule has 0 radical (unpaired) electrons. The molecule has 0 aromatic heterocycles. The van der Waals surface area contributed by atoms with E-state index >= 15 is 0 Å². The third-order valence-corrected chi connectivity index (χ3v) is 6.44. The summed E-state index contributed by atoms with van der Waals surface area (Å²) >= 11 is 0. The van der Waals surface area contributed by atoms with E-state index in [0.717, 1.165) is 0 Å². The second kappa shape index (κ2) is 32.3. The summed E-state index contributed by atoms with van der Waals surface area (Å²) in [5.41, 5.74) is -0.532.